The van der Waals surface area contributed by atoms with E-state index in [1.807, 2.05) is 50.4 Å². The highest BCUT2D eigenvalue weighted by atomic mass is 16.4. The molecule has 7 nitrogen and oxygen atoms in total. The molecule has 2 aromatic carbocycles. The molecule has 0 amide bonds. The number of carbonyl (C=O) groups is 1. The van der Waals surface area contributed by atoms with Crippen LogP contribution in [0.25, 0.3) is 22.2 Å². The first-order valence-corrected chi connectivity index (χ1v) is 11.2. The van der Waals surface area contributed by atoms with Gasteiger partial charge < -0.3 is 25.1 Å². The van der Waals surface area contributed by atoms with Crippen molar-refractivity contribution in [3.8, 4) is 17.0 Å². The van der Waals surface area contributed by atoms with Crippen LogP contribution in [-0.2, 0) is 25.6 Å². The molecule has 0 aliphatic carbocycles. The Kier molecular flexibility index (Phi) is 6.06. The molecule has 0 atom stereocenters. The zero-order valence-corrected chi connectivity index (χ0v) is 19.8. The highest BCUT2D eigenvalue weighted by molar-refractivity contribution is 5.92. The zero-order valence-electron chi connectivity index (χ0n) is 19.8. The largest absolute Gasteiger partial charge is 0.506 e. The minimum Gasteiger partial charge on any atom is -0.506 e. The molecule has 0 saturated carbocycles. The summed E-state index contributed by atoms with van der Waals surface area (Å²) in [5.41, 5.74) is 3.23. The Morgan fingerprint density at radius 2 is 1.82 bits per heavy atom. The molecule has 34 heavy (non-hydrogen) atoms. The summed E-state index contributed by atoms with van der Waals surface area (Å²) in [7, 11) is 2.02. The maximum atomic E-state index is 12.4. The van der Waals surface area contributed by atoms with E-state index in [4.69, 9.17) is 0 Å². The Hall–Kier alpha value is -3.84. The highest BCUT2D eigenvalue weighted by Gasteiger charge is 2.23. The van der Waals surface area contributed by atoms with Crippen molar-refractivity contribution < 1.29 is 15.0 Å². The Bertz CT molecular complexity index is 1430. The van der Waals surface area contributed by atoms with Gasteiger partial charge in [0.2, 0.25) is 0 Å². The summed E-state index contributed by atoms with van der Waals surface area (Å²) in [6.45, 7) is 6.77. The fourth-order valence-electron chi connectivity index (χ4n) is 4.42. The van der Waals surface area contributed by atoms with Gasteiger partial charge in [-0.1, -0.05) is 43.3 Å². The summed E-state index contributed by atoms with van der Waals surface area (Å²) in [6, 6.07) is 18.2. The lowest BCUT2D eigenvalue weighted by molar-refractivity contribution is 0.0691. The summed E-state index contributed by atoms with van der Waals surface area (Å²) in [4.78, 5) is 26.4. The molecule has 4 aromatic rings. The Morgan fingerprint density at radius 3 is 2.47 bits per heavy atom. The fraction of sp³-hybridized carbons (Fsp3) is 0.259. The number of H-pyrrole nitrogens is 1. The number of benzene rings is 2. The predicted molar refractivity (Wildman–Crippen MR) is 133 cm³/mol. The maximum Gasteiger partial charge on any atom is 0.345 e. The lowest BCUT2D eigenvalue weighted by Crippen LogP contribution is -2.36. The standard InChI is InChI=1S/C27H29N3O4/c1-5-20-23(29-25(32)22(24(20)31)26(33)34)16-11-12-21-17(13-16)14-19(30(21)4)15-28-27(2,3)18-9-7-6-8-10-18/h6-14,28H,5,15H2,1-4H3,(H,33,34)(H2,29,31,32). The van der Waals surface area contributed by atoms with Gasteiger partial charge in [0.25, 0.3) is 5.56 Å². The van der Waals surface area contributed by atoms with Crippen molar-refractivity contribution in [2.45, 2.75) is 39.3 Å². The van der Waals surface area contributed by atoms with Gasteiger partial charge in [-0.2, -0.15) is 0 Å². The predicted octanol–water partition coefficient (Wildman–Crippen LogP) is 4.52. The van der Waals surface area contributed by atoms with Crippen LogP contribution in [0.4, 0.5) is 0 Å². The number of carboxylic acid groups (broad SMARTS) is 1. The summed E-state index contributed by atoms with van der Waals surface area (Å²) in [5, 5.41) is 24.4. The van der Waals surface area contributed by atoms with E-state index in [-0.39, 0.29) is 5.54 Å². The number of aromatic nitrogens is 2. The van der Waals surface area contributed by atoms with Crippen LogP contribution in [0.5, 0.6) is 5.75 Å². The molecule has 4 N–H and O–H groups in total. The first kappa shape index (κ1) is 23.3. The number of aromatic carboxylic acids is 1. The quantitative estimate of drug-likeness (QED) is 0.325. The van der Waals surface area contributed by atoms with E-state index in [0.717, 1.165) is 16.6 Å². The van der Waals surface area contributed by atoms with Gasteiger partial charge in [0.05, 0.1) is 5.69 Å². The second kappa shape index (κ2) is 8.83. The number of nitrogens with zero attached hydrogens (tertiary/aromatic N) is 1. The highest BCUT2D eigenvalue weighted by Crippen LogP contribution is 2.32. The van der Waals surface area contributed by atoms with Crippen LogP contribution in [0.3, 0.4) is 0 Å². The molecule has 0 fully saturated rings. The molecule has 0 bridgehead atoms. The Balaban J connectivity index is 1.70. The molecule has 0 radical (unpaired) electrons. The third kappa shape index (κ3) is 4.10. The summed E-state index contributed by atoms with van der Waals surface area (Å²) in [5.74, 6) is -1.93. The molecule has 0 unspecified atom stereocenters. The molecule has 2 heterocycles. The number of rotatable bonds is 7. The average molecular weight is 460 g/mol. The van der Waals surface area contributed by atoms with E-state index in [9.17, 15) is 19.8 Å². The smallest absolute Gasteiger partial charge is 0.345 e. The molecule has 0 saturated heterocycles. The van der Waals surface area contributed by atoms with E-state index < -0.39 is 22.8 Å². The van der Waals surface area contributed by atoms with E-state index in [2.05, 4.69) is 46.9 Å². The number of aromatic amines is 1. The van der Waals surface area contributed by atoms with Crippen LogP contribution in [-0.4, -0.2) is 25.7 Å². The van der Waals surface area contributed by atoms with Gasteiger partial charge in [0, 0.05) is 41.3 Å². The van der Waals surface area contributed by atoms with Gasteiger partial charge in [-0.25, -0.2) is 4.79 Å². The maximum absolute atomic E-state index is 12.4. The molecule has 2 aromatic heterocycles. The number of pyridine rings is 1. The van der Waals surface area contributed by atoms with Crippen molar-refractivity contribution >= 4 is 16.9 Å². The van der Waals surface area contributed by atoms with Gasteiger partial charge in [-0.05, 0) is 49.6 Å². The Labute approximate surface area is 197 Å². The zero-order chi connectivity index (χ0) is 24.6. The van der Waals surface area contributed by atoms with Crippen LogP contribution in [0.2, 0.25) is 0 Å². The van der Waals surface area contributed by atoms with Crippen molar-refractivity contribution in [3.63, 3.8) is 0 Å². The molecule has 0 spiro atoms. The lowest BCUT2D eigenvalue weighted by Gasteiger charge is -2.27. The van der Waals surface area contributed by atoms with Crippen LogP contribution in [0.1, 0.15) is 48.0 Å². The number of fused-ring (bicyclic) bond motifs is 1. The molecule has 0 aliphatic rings. The van der Waals surface area contributed by atoms with Gasteiger partial charge in [-0.15, -0.1) is 0 Å². The van der Waals surface area contributed by atoms with E-state index in [0.29, 0.717) is 29.8 Å². The lowest BCUT2D eigenvalue weighted by atomic mass is 9.94. The van der Waals surface area contributed by atoms with Crippen molar-refractivity contribution in [1.82, 2.24) is 14.9 Å². The van der Waals surface area contributed by atoms with Gasteiger partial charge in [-0.3, -0.25) is 4.79 Å². The summed E-state index contributed by atoms with van der Waals surface area (Å²) >= 11 is 0. The minimum atomic E-state index is -1.45. The number of hydrogen-bond donors (Lipinski definition) is 4. The molecular weight excluding hydrogens is 430 g/mol. The van der Waals surface area contributed by atoms with Crippen molar-refractivity contribution in [2.24, 2.45) is 7.05 Å². The molecular formula is C27H29N3O4. The number of aromatic hydroxyl groups is 1. The molecule has 4 rings (SSSR count). The van der Waals surface area contributed by atoms with Crippen molar-refractivity contribution in [2.75, 3.05) is 0 Å². The number of aryl methyl sites for hydroxylation is 1. The average Bonchev–Trinajstić information content (AvgIpc) is 3.12. The number of hydrogen-bond acceptors (Lipinski definition) is 4. The third-order valence-electron chi connectivity index (χ3n) is 6.49. The molecule has 0 aliphatic heterocycles. The molecule has 176 valence electrons. The van der Waals surface area contributed by atoms with Gasteiger partial charge >= 0.3 is 5.97 Å². The fourth-order valence-corrected chi connectivity index (χ4v) is 4.42. The van der Waals surface area contributed by atoms with Crippen molar-refractivity contribution in [1.29, 1.82) is 0 Å². The summed E-state index contributed by atoms with van der Waals surface area (Å²) < 4.78 is 2.13. The monoisotopic (exact) mass is 459 g/mol. The van der Waals surface area contributed by atoms with Crippen molar-refractivity contribution in [3.05, 3.63) is 87.3 Å². The van der Waals surface area contributed by atoms with E-state index in [1.54, 1.807) is 0 Å². The first-order valence-electron chi connectivity index (χ1n) is 11.2. The second-order valence-electron chi connectivity index (χ2n) is 9.00. The second-order valence-corrected chi connectivity index (χ2v) is 9.00. The van der Waals surface area contributed by atoms with Crippen LogP contribution in [0, 0.1) is 0 Å². The molecule has 7 heteroatoms. The minimum absolute atomic E-state index is 0.207. The third-order valence-corrected chi connectivity index (χ3v) is 6.49. The topological polar surface area (TPSA) is 107 Å². The van der Waals surface area contributed by atoms with Crippen LogP contribution in [0.15, 0.2) is 59.4 Å². The van der Waals surface area contributed by atoms with E-state index >= 15 is 0 Å². The van der Waals surface area contributed by atoms with Gasteiger partial charge in [0.15, 0.2) is 5.56 Å². The van der Waals surface area contributed by atoms with Crippen LogP contribution < -0.4 is 10.9 Å². The summed E-state index contributed by atoms with van der Waals surface area (Å²) in [6.07, 6.45) is 0.370. The Morgan fingerprint density at radius 1 is 1.12 bits per heavy atom. The number of carboxylic acids is 1. The first-order chi connectivity index (χ1) is 16.1. The SMILES string of the molecule is CCc1c(-c2ccc3c(c2)cc(CNC(C)(C)c2ccccc2)n3C)[nH]c(=O)c(C(=O)O)c1O. The van der Waals surface area contributed by atoms with E-state index in [1.165, 1.54) is 5.56 Å². The van der Waals surface area contributed by atoms with Gasteiger partial charge in [0.1, 0.15) is 5.75 Å². The van der Waals surface area contributed by atoms with Crippen LogP contribution >= 0.6 is 0 Å². The number of nitrogens with one attached hydrogen (secondary N) is 2. The normalized spacial score (nSPS) is 11.8.